The zero-order valence-electron chi connectivity index (χ0n) is 16.8. The van der Waals surface area contributed by atoms with E-state index >= 15 is 0 Å². The minimum absolute atomic E-state index is 0.0562. The predicted molar refractivity (Wildman–Crippen MR) is 108 cm³/mol. The molecule has 2 aromatic carbocycles. The number of ether oxygens (including phenoxy) is 1. The maximum absolute atomic E-state index is 12.9. The number of nitrogens with zero attached hydrogens (tertiary/aromatic N) is 2. The Kier molecular flexibility index (Phi) is 4.98. The first-order valence-electron chi connectivity index (χ1n) is 9.11. The van der Waals surface area contributed by atoms with Crippen LogP contribution in [0.1, 0.15) is 44.4 Å². The van der Waals surface area contributed by atoms with Gasteiger partial charge in [-0.3, -0.25) is 4.79 Å². The summed E-state index contributed by atoms with van der Waals surface area (Å²) in [5.41, 5.74) is 1.56. The molecule has 6 heteroatoms. The molecule has 3 amide bonds. The molecule has 0 bridgehead atoms. The van der Waals surface area contributed by atoms with Crippen molar-refractivity contribution in [3.8, 4) is 5.75 Å². The molecular weight excluding hydrogens is 354 g/mol. The van der Waals surface area contributed by atoms with Crippen LogP contribution in [0.4, 0.5) is 4.79 Å². The Labute approximate surface area is 165 Å². The molecule has 2 aromatic rings. The number of hydrazone groups is 1. The molecule has 6 nitrogen and oxygen atoms in total. The molecule has 1 heterocycles. The molecule has 1 atom stereocenters. The second-order valence-corrected chi connectivity index (χ2v) is 8.02. The van der Waals surface area contributed by atoms with Crippen LogP contribution in [0.2, 0.25) is 0 Å². The normalized spacial score (nSPS) is 20.0. The van der Waals surface area contributed by atoms with E-state index in [9.17, 15) is 9.59 Å². The molecule has 1 N–H and O–H groups in total. The van der Waals surface area contributed by atoms with Gasteiger partial charge in [-0.15, -0.1) is 5.01 Å². The van der Waals surface area contributed by atoms with Crippen molar-refractivity contribution in [1.82, 2.24) is 10.3 Å². The van der Waals surface area contributed by atoms with Gasteiger partial charge in [0.05, 0.1) is 13.3 Å². The van der Waals surface area contributed by atoms with Gasteiger partial charge in [-0.2, -0.15) is 5.10 Å². The maximum atomic E-state index is 12.9. The Hall–Kier alpha value is -3.15. The number of urea groups is 1. The highest BCUT2D eigenvalue weighted by Gasteiger charge is 2.49. The van der Waals surface area contributed by atoms with Gasteiger partial charge in [-0.05, 0) is 41.2 Å². The van der Waals surface area contributed by atoms with Gasteiger partial charge in [-0.1, -0.05) is 57.2 Å². The molecular formula is C22H25N3O3. The zero-order chi connectivity index (χ0) is 20.5. The van der Waals surface area contributed by atoms with E-state index < -0.39 is 17.5 Å². The zero-order valence-corrected chi connectivity index (χ0v) is 16.8. The summed E-state index contributed by atoms with van der Waals surface area (Å²) < 4.78 is 5.14. The van der Waals surface area contributed by atoms with E-state index in [1.807, 2.05) is 24.3 Å². The van der Waals surface area contributed by atoms with Crippen molar-refractivity contribution in [3.05, 3.63) is 65.2 Å². The number of amides is 3. The summed E-state index contributed by atoms with van der Waals surface area (Å²) in [4.78, 5) is 25.3. The lowest BCUT2D eigenvalue weighted by molar-refractivity contribution is -0.131. The van der Waals surface area contributed by atoms with E-state index in [0.29, 0.717) is 11.3 Å². The van der Waals surface area contributed by atoms with Gasteiger partial charge >= 0.3 is 6.03 Å². The molecule has 0 radical (unpaired) electrons. The van der Waals surface area contributed by atoms with Crippen LogP contribution in [0.5, 0.6) is 5.75 Å². The molecule has 28 heavy (non-hydrogen) atoms. The molecule has 1 saturated heterocycles. The number of nitrogens with one attached hydrogen (secondary N) is 1. The van der Waals surface area contributed by atoms with Gasteiger partial charge in [0.2, 0.25) is 0 Å². The Morgan fingerprint density at radius 2 is 1.64 bits per heavy atom. The molecule has 0 spiro atoms. The van der Waals surface area contributed by atoms with Crippen LogP contribution in [0.3, 0.4) is 0 Å². The van der Waals surface area contributed by atoms with Gasteiger partial charge in [0.25, 0.3) is 5.91 Å². The largest absolute Gasteiger partial charge is 0.497 e. The number of carbonyl (C=O) groups is 2. The highest BCUT2D eigenvalue weighted by molar-refractivity contribution is 6.07. The second kappa shape index (κ2) is 7.11. The highest BCUT2D eigenvalue weighted by atomic mass is 16.5. The topological polar surface area (TPSA) is 71.0 Å². The smallest absolute Gasteiger partial charge is 0.346 e. The van der Waals surface area contributed by atoms with E-state index in [1.54, 1.807) is 38.3 Å². The lowest BCUT2D eigenvalue weighted by atomic mass is 9.87. The lowest BCUT2D eigenvalue weighted by Crippen LogP contribution is -2.40. The number of hydrogen-bond acceptors (Lipinski definition) is 4. The number of rotatable bonds is 4. The summed E-state index contributed by atoms with van der Waals surface area (Å²) in [5.74, 6) is 0.253. The molecule has 1 aliphatic heterocycles. The number of imide groups is 1. The molecule has 146 valence electrons. The molecule has 0 saturated carbocycles. The molecule has 1 aliphatic rings. The van der Waals surface area contributed by atoms with E-state index in [-0.39, 0.29) is 5.41 Å². The molecule has 0 aromatic heterocycles. The number of methoxy groups -OCH3 is 1. The van der Waals surface area contributed by atoms with Gasteiger partial charge in [0.1, 0.15) is 11.3 Å². The quantitative estimate of drug-likeness (QED) is 0.649. The maximum Gasteiger partial charge on any atom is 0.346 e. The van der Waals surface area contributed by atoms with Crippen molar-refractivity contribution < 1.29 is 14.3 Å². The van der Waals surface area contributed by atoms with Crippen molar-refractivity contribution in [2.75, 3.05) is 7.11 Å². The first-order chi connectivity index (χ1) is 13.1. The fraction of sp³-hybridized carbons (Fsp3) is 0.318. The summed E-state index contributed by atoms with van der Waals surface area (Å²) >= 11 is 0. The summed E-state index contributed by atoms with van der Waals surface area (Å²) in [7, 11) is 1.57. The van der Waals surface area contributed by atoms with Crippen molar-refractivity contribution in [3.63, 3.8) is 0 Å². The van der Waals surface area contributed by atoms with E-state index in [4.69, 9.17) is 4.74 Å². The molecule has 1 fully saturated rings. The standard InChI is InChI=1S/C22H25N3O3/c1-21(2,3)16-8-6-15(7-9-16)14-23-25-19(26)22(4,24-20(25)27)17-10-12-18(28-5)13-11-17/h6-14H,1-5H3,(H,24,27)/b23-14-/t22-/m0/s1. The number of carbonyl (C=O) groups excluding carboxylic acids is 2. The first-order valence-corrected chi connectivity index (χ1v) is 9.11. The van der Waals surface area contributed by atoms with Gasteiger partial charge in [0.15, 0.2) is 0 Å². The van der Waals surface area contributed by atoms with Gasteiger partial charge in [0, 0.05) is 0 Å². The van der Waals surface area contributed by atoms with Crippen molar-refractivity contribution >= 4 is 18.2 Å². The van der Waals surface area contributed by atoms with Crippen LogP contribution in [0, 0.1) is 0 Å². The van der Waals surface area contributed by atoms with Gasteiger partial charge < -0.3 is 10.1 Å². The molecule has 0 aliphatic carbocycles. The third kappa shape index (κ3) is 3.63. The van der Waals surface area contributed by atoms with E-state index in [0.717, 1.165) is 10.6 Å². The van der Waals surface area contributed by atoms with Crippen LogP contribution < -0.4 is 10.1 Å². The number of hydrogen-bond donors (Lipinski definition) is 1. The third-order valence-electron chi connectivity index (χ3n) is 4.94. The SMILES string of the molecule is COc1ccc([C@]2(C)NC(=O)N(/N=C\c3ccc(C(C)(C)C)cc3)C2=O)cc1. The van der Waals surface area contributed by atoms with Crippen LogP contribution in [-0.2, 0) is 15.7 Å². The Balaban J connectivity index is 1.80. The Morgan fingerprint density at radius 3 is 2.18 bits per heavy atom. The summed E-state index contributed by atoms with van der Waals surface area (Å²) in [5, 5.41) is 7.73. The fourth-order valence-corrected chi connectivity index (χ4v) is 3.04. The van der Waals surface area contributed by atoms with Crippen LogP contribution in [-0.4, -0.2) is 30.3 Å². The third-order valence-corrected chi connectivity index (χ3v) is 4.94. The van der Waals surface area contributed by atoms with Crippen LogP contribution >= 0.6 is 0 Å². The van der Waals surface area contributed by atoms with Crippen molar-refractivity contribution in [2.45, 2.75) is 38.6 Å². The van der Waals surface area contributed by atoms with Crippen molar-refractivity contribution in [2.24, 2.45) is 5.10 Å². The minimum atomic E-state index is -1.17. The summed E-state index contributed by atoms with van der Waals surface area (Å²) in [6.45, 7) is 8.10. The Bertz CT molecular complexity index is 912. The molecule has 0 unspecified atom stereocenters. The molecule has 3 rings (SSSR count). The van der Waals surface area contributed by atoms with Crippen LogP contribution in [0.15, 0.2) is 53.6 Å². The lowest BCUT2D eigenvalue weighted by Gasteiger charge is -2.21. The summed E-state index contributed by atoms with van der Waals surface area (Å²) in [6.07, 6.45) is 1.52. The van der Waals surface area contributed by atoms with Gasteiger partial charge in [-0.25, -0.2) is 4.79 Å². The first kappa shape index (κ1) is 19.6. The average molecular weight is 379 g/mol. The minimum Gasteiger partial charge on any atom is -0.497 e. The average Bonchev–Trinajstić information content (AvgIpc) is 2.89. The van der Waals surface area contributed by atoms with E-state index in [2.05, 4.69) is 31.2 Å². The van der Waals surface area contributed by atoms with E-state index in [1.165, 1.54) is 11.8 Å². The fourth-order valence-electron chi connectivity index (χ4n) is 3.04. The summed E-state index contributed by atoms with van der Waals surface area (Å²) in [6, 6.07) is 14.4. The Morgan fingerprint density at radius 1 is 1.04 bits per heavy atom. The number of benzene rings is 2. The monoisotopic (exact) mass is 379 g/mol. The predicted octanol–water partition coefficient (Wildman–Crippen LogP) is 3.79. The second-order valence-electron chi connectivity index (χ2n) is 8.02. The van der Waals surface area contributed by atoms with Crippen LogP contribution in [0.25, 0.3) is 0 Å². The highest BCUT2D eigenvalue weighted by Crippen LogP contribution is 2.30. The van der Waals surface area contributed by atoms with Crippen molar-refractivity contribution in [1.29, 1.82) is 0 Å².